The molecule has 168 valence electrons. The van der Waals surface area contributed by atoms with Crippen LogP contribution in [-0.2, 0) is 6.42 Å². The van der Waals surface area contributed by atoms with Crippen LogP contribution in [0.3, 0.4) is 0 Å². The van der Waals surface area contributed by atoms with Gasteiger partial charge in [0, 0.05) is 36.6 Å². The monoisotopic (exact) mass is 458 g/mol. The largest absolute Gasteiger partial charge is 0.497 e. The van der Waals surface area contributed by atoms with Crippen molar-refractivity contribution in [2.24, 2.45) is 0 Å². The van der Waals surface area contributed by atoms with Gasteiger partial charge in [0.15, 0.2) is 0 Å². The zero-order valence-electron chi connectivity index (χ0n) is 18.8. The van der Waals surface area contributed by atoms with Crippen LogP contribution in [0.15, 0.2) is 60.9 Å². The Labute approximate surface area is 197 Å². The fourth-order valence-electron chi connectivity index (χ4n) is 4.21. The number of amides is 1. The second-order valence-corrected chi connectivity index (χ2v) is 9.18. The van der Waals surface area contributed by atoms with Gasteiger partial charge in [0.2, 0.25) is 0 Å². The molecule has 0 atom stereocenters. The number of hydrogen-bond donors (Lipinski definition) is 0. The summed E-state index contributed by atoms with van der Waals surface area (Å²) in [7, 11) is 1.66. The summed E-state index contributed by atoms with van der Waals surface area (Å²) in [5.74, 6) is 1.89. The lowest BCUT2D eigenvalue weighted by atomic mass is 10.0. The predicted octanol–water partition coefficient (Wildman–Crippen LogP) is 4.89. The number of fused-ring (bicyclic) bond motifs is 1. The maximum atomic E-state index is 13.1. The van der Waals surface area contributed by atoms with Crippen molar-refractivity contribution in [2.75, 3.05) is 38.2 Å². The number of nitrogens with zero attached hydrogens (tertiary/aromatic N) is 4. The first-order valence-corrected chi connectivity index (χ1v) is 12.0. The average Bonchev–Trinajstić information content (AvgIpc) is 3.32. The number of hydrogen-bond acceptors (Lipinski definition) is 6. The van der Waals surface area contributed by atoms with E-state index >= 15 is 0 Å². The van der Waals surface area contributed by atoms with Crippen LogP contribution in [0.5, 0.6) is 5.75 Å². The van der Waals surface area contributed by atoms with Gasteiger partial charge in [0.1, 0.15) is 22.7 Å². The zero-order chi connectivity index (χ0) is 22.8. The smallest absolute Gasteiger partial charge is 0.253 e. The van der Waals surface area contributed by atoms with Crippen molar-refractivity contribution in [3.63, 3.8) is 0 Å². The molecule has 1 amide bonds. The fourth-order valence-corrected chi connectivity index (χ4v) is 5.14. The minimum Gasteiger partial charge on any atom is -0.497 e. The molecule has 1 fully saturated rings. The Bertz CT molecular complexity index is 1260. The number of methoxy groups -OCH3 is 1. The Kier molecular flexibility index (Phi) is 5.96. The van der Waals surface area contributed by atoms with Crippen molar-refractivity contribution in [1.29, 1.82) is 0 Å². The number of ether oxygens (including phenoxy) is 1. The number of benzene rings is 2. The van der Waals surface area contributed by atoms with Gasteiger partial charge in [-0.05, 0) is 47.9 Å². The number of aryl methyl sites for hydroxylation is 1. The van der Waals surface area contributed by atoms with Gasteiger partial charge < -0.3 is 14.5 Å². The van der Waals surface area contributed by atoms with Crippen LogP contribution in [0, 0.1) is 0 Å². The van der Waals surface area contributed by atoms with E-state index in [-0.39, 0.29) is 5.91 Å². The molecule has 2 aromatic carbocycles. The lowest BCUT2D eigenvalue weighted by molar-refractivity contribution is 0.0746. The third-order valence-corrected chi connectivity index (χ3v) is 7.32. The number of piperazine rings is 1. The fraction of sp³-hybridized carbons (Fsp3) is 0.269. The topological polar surface area (TPSA) is 58.6 Å². The molecule has 0 saturated carbocycles. The lowest BCUT2D eigenvalue weighted by Gasteiger charge is -2.35. The van der Waals surface area contributed by atoms with E-state index in [4.69, 9.17) is 4.74 Å². The summed E-state index contributed by atoms with van der Waals surface area (Å²) >= 11 is 1.73. The van der Waals surface area contributed by atoms with Gasteiger partial charge in [-0.25, -0.2) is 9.97 Å². The molecule has 7 heteroatoms. The molecule has 5 rings (SSSR count). The van der Waals surface area contributed by atoms with Crippen LogP contribution in [-0.4, -0.2) is 54.1 Å². The number of thiophene rings is 1. The Morgan fingerprint density at radius 2 is 1.64 bits per heavy atom. The molecule has 0 unspecified atom stereocenters. The molecular formula is C26H26N4O2S. The van der Waals surface area contributed by atoms with Gasteiger partial charge in [-0.1, -0.05) is 31.2 Å². The summed E-state index contributed by atoms with van der Waals surface area (Å²) in [5.41, 5.74) is 2.89. The van der Waals surface area contributed by atoms with Crippen molar-refractivity contribution in [3.05, 3.63) is 71.4 Å². The van der Waals surface area contributed by atoms with Crippen LogP contribution in [0.25, 0.3) is 21.3 Å². The van der Waals surface area contributed by atoms with Crippen LogP contribution in [0.4, 0.5) is 5.82 Å². The zero-order valence-corrected chi connectivity index (χ0v) is 19.6. The summed E-state index contributed by atoms with van der Waals surface area (Å²) in [6, 6.07) is 18.0. The first-order chi connectivity index (χ1) is 16.2. The van der Waals surface area contributed by atoms with Gasteiger partial charge in [-0.2, -0.15) is 0 Å². The first kappa shape index (κ1) is 21.4. The summed E-state index contributed by atoms with van der Waals surface area (Å²) in [6.45, 7) is 5.04. The van der Waals surface area contributed by atoms with Crippen molar-refractivity contribution in [1.82, 2.24) is 14.9 Å². The van der Waals surface area contributed by atoms with Gasteiger partial charge in [-0.15, -0.1) is 11.3 Å². The molecule has 0 aliphatic carbocycles. The minimum absolute atomic E-state index is 0.0765. The van der Waals surface area contributed by atoms with E-state index in [9.17, 15) is 4.79 Å². The van der Waals surface area contributed by atoms with Gasteiger partial charge >= 0.3 is 0 Å². The van der Waals surface area contributed by atoms with E-state index in [0.29, 0.717) is 13.1 Å². The van der Waals surface area contributed by atoms with E-state index in [1.54, 1.807) is 24.8 Å². The molecule has 0 N–H and O–H groups in total. The minimum atomic E-state index is 0.0765. The quantitative estimate of drug-likeness (QED) is 0.426. The number of rotatable bonds is 5. The second-order valence-electron chi connectivity index (χ2n) is 8.07. The molecule has 6 nitrogen and oxygen atoms in total. The van der Waals surface area contributed by atoms with Crippen molar-refractivity contribution in [2.45, 2.75) is 13.3 Å². The highest BCUT2D eigenvalue weighted by atomic mass is 32.1. The molecular weight excluding hydrogens is 432 g/mol. The maximum Gasteiger partial charge on any atom is 0.253 e. The average molecular weight is 459 g/mol. The van der Waals surface area contributed by atoms with Gasteiger partial charge in [0.05, 0.1) is 12.5 Å². The molecule has 1 saturated heterocycles. The molecule has 0 spiro atoms. The molecule has 4 aromatic rings. The number of aromatic nitrogens is 2. The van der Waals surface area contributed by atoms with Crippen LogP contribution in [0.1, 0.15) is 22.2 Å². The summed E-state index contributed by atoms with van der Waals surface area (Å²) in [4.78, 5) is 28.7. The lowest BCUT2D eigenvalue weighted by Crippen LogP contribution is -2.49. The number of carbonyl (C=O) groups excluding carboxylic acids is 1. The van der Waals surface area contributed by atoms with Crippen LogP contribution in [0.2, 0.25) is 0 Å². The Balaban J connectivity index is 1.25. The highest BCUT2D eigenvalue weighted by molar-refractivity contribution is 7.18. The highest BCUT2D eigenvalue weighted by Crippen LogP contribution is 2.31. The van der Waals surface area contributed by atoms with E-state index in [1.165, 1.54) is 4.88 Å². The van der Waals surface area contributed by atoms with E-state index in [1.807, 2.05) is 53.4 Å². The van der Waals surface area contributed by atoms with E-state index in [2.05, 4.69) is 27.9 Å². The Hall–Kier alpha value is -3.45. The highest BCUT2D eigenvalue weighted by Gasteiger charge is 2.24. The summed E-state index contributed by atoms with van der Waals surface area (Å²) in [5, 5.41) is 1.12. The summed E-state index contributed by atoms with van der Waals surface area (Å²) < 4.78 is 5.23. The van der Waals surface area contributed by atoms with E-state index in [0.717, 1.165) is 58.0 Å². The van der Waals surface area contributed by atoms with Gasteiger partial charge in [0.25, 0.3) is 5.91 Å². The normalized spacial score (nSPS) is 14.0. The predicted molar refractivity (Wildman–Crippen MR) is 133 cm³/mol. The van der Waals surface area contributed by atoms with Crippen molar-refractivity contribution < 1.29 is 9.53 Å². The Morgan fingerprint density at radius 3 is 2.27 bits per heavy atom. The number of anilines is 1. The standard InChI is InChI=1S/C26H26N4O2S/c1-3-22-16-23-24(27-17-28-25(23)33-22)29-12-14-30(15-13-29)26(31)20-6-4-18(5-7-20)19-8-10-21(32-2)11-9-19/h4-11,16-17H,3,12-15H2,1-2H3. The first-order valence-electron chi connectivity index (χ1n) is 11.2. The maximum absolute atomic E-state index is 13.1. The third kappa shape index (κ3) is 4.28. The molecule has 1 aliphatic heterocycles. The second kappa shape index (κ2) is 9.19. The summed E-state index contributed by atoms with van der Waals surface area (Å²) in [6.07, 6.45) is 2.65. The SMILES string of the molecule is CCc1cc2c(N3CCN(C(=O)c4ccc(-c5ccc(OC)cc5)cc4)CC3)ncnc2s1. The van der Waals surface area contributed by atoms with Gasteiger partial charge in [-0.3, -0.25) is 4.79 Å². The van der Waals surface area contributed by atoms with Crippen LogP contribution >= 0.6 is 11.3 Å². The Morgan fingerprint density at radius 1 is 0.970 bits per heavy atom. The molecule has 0 radical (unpaired) electrons. The van der Waals surface area contributed by atoms with Crippen molar-refractivity contribution in [3.8, 4) is 16.9 Å². The number of carbonyl (C=O) groups is 1. The van der Waals surface area contributed by atoms with Crippen LogP contribution < -0.4 is 9.64 Å². The van der Waals surface area contributed by atoms with E-state index < -0.39 is 0 Å². The molecule has 0 bridgehead atoms. The molecule has 2 aromatic heterocycles. The third-order valence-electron chi connectivity index (χ3n) is 6.13. The van der Waals surface area contributed by atoms with Crippen molar-refractivity contribution >= 4 is 33.3 Å². The molecule has 33 heavy (non-hydrogen) atoms. The molecule has 3 heterocycles. The molecule has 1 aliphatic rings.